The zero-order chi connectivity index (χ0) is 12.0. The van der Waals surface area contributed by atoms with Crippen LogP contribution < -0.4 is 10.6 Å². The van der Waals surface area contributed by atoms with Crippen LogP contribution in [0, 0.1) is 13.8 Å². The van der Waals surface area contributed by atoms with Gasteiger partial charge in [-0.2, -0.15) is 0 Å². The monoisotopic (exact) mass is 222 g/mol. The molecule has 1 aromatic rings. The highest BCUT2D eigenvalue weighted by atomic mass is 15.2. The minimum Gasteiger partial charge on any atom is -0.355 e. The minimum absolute atomic E-state index is 0.721. The molecule has 0 aliphatic rings. The van der Waals surface area contributed by atoms with Gasteiger partial charge in [0.15, 0.2) is 0 Å². The Labute approximate surface area is 97.9 Å². The Kier molecular flexibility index (Phi) is 5.19. The summed E-state index contributed by atoms with van der Waals surface area (Å²) in [5, 5.41) is 0. The SMILES string of the molecule is CCCN(CCCN)c1cnc(C)c(C)n1. The Bertz CT molecular complexity index is 325. The van der Waals surface area contributed by atoms with Crippen molar-refractivity contribution in [2.24, 2.45) is 5.73 Å². The number of nitrogens with two attached hydrogens (primary N) is 1. The van der Waals surface area contributed by atoms with Crippen LogP contribution >= 0.6 is 0 Å². The first-order chi connectivity index (χ1) is 7.69. The van der Waals surface area contributed by atoms with Crippen molar-refractivity contribution < 1.29 is 0 Å². The molecule has 0 aliphatic carbocycles. The highest BCUT2D eigenvalue weighted by Gasteiger charge is 2.08. The molecular weight excluding hydrogens is 200 g/mol. The number of anilines is 1. The van der Waals surface area contributed by atoms with E-state index in [0.717, 1.165) is 49.7 Å². The van der Waals surface area contributed by atoms with E-state index in [1.807, 2.05) is 20.0 Å². The molecule has 0 aromatic carbocycles. The summed E-state index contributed by atoms with van der Waals surface area (Å²) in [5.74, 6) is 0.971. The third-order valence-electron chi connectivity index (χ3n) is 2.63. The normalized spacial score (nSPS) is 10.5. The van der Waals surface area contributed by atoms with Gasteiger partial charge in [0.25, 0.3) is 0 Å². The Hall–Kier alpha value is -1.16. The third kappa shape index (κ3) is 3.45. The molecule has 16 heavy (non-hydrogen) atoms. The first-order valence-electron chi connectivity index (χ1n) is 5.94. The largest absolute Gasteiger partial charge is 0.355 e. The quantitative estimate of drug-likeness (QED) is 0.795. The molecule has 0 amide bonds. The van der Waals surface area contributed by atoms with Crippen LogP contribution in [0.3, 0.4) is 0 Å². The predicted molar refractivity (Wildman–Crippen MR) is 67.7 cm³/mol. The maximum Gasteiger partial charge on any atom is 0.147 e. The summed E-state index contributed by atoms with van der Waals surface area (Å²) in [7, 11) is 0. The molecule has 1 aromatic heterocycles. The Morgan fingerprint density at radius 3 is 2.56 bits per heavy atom. The van der Waals surface area contributed by atoms with Crippen molar-refractivity contribution in [3.8, 4) is 0 Å². The van der Waals surface area contributed by atoms with Crippen molar-refractivity contribution in [3.05, 3.63) is 17.6 Å². The summed E-state index contributed by atoms with van der Waals surface area (Å²) >= 11 is 0. The van der Waals surface area contributed by atoms with E-state index < -0.39 is 0 Å². The molecular formula is C12H22N4. The van der Waals surface area contributed by atoms with Gasteiger partial charge in [-0.3, -0.25) is 4.98 Å². The summed E-state index contributed by atoms with van der Waals surface area (Å²) in [4.78, 5) is 11.2. The smallest absolute Gasteiger partial charge is 0.147 e. The molecule has 0 saturated carbocycles. The maximum atomic E-state index is 5.54. The van der Waals surface area contributed by atoms with Gasteiger partial charge >= 0.3 is 0 Å². The average Bonchev–Trinajstić information content (AvgIpc) is 2.28. The Morgan fingerprint density at radius 1 is 1.25 bits per heavy atom. The van der Waals surface area contributed by atoms with Gasteiger partial charge in [0.2, 0.25) is 0 Å². The summed E-state index contributed by atoms with van der Waals surface area (Å²) in [6.07, 6.45) is 3.96. The van der Waals surface area contributed by atoms with E-state index >= 15 is 0 Å². The zero-order valence-corrected chi connectivity index (χ0v) is 10.5. The molecule has 0 saturated heterocycles. The lowest BCUT2D eigenvalue weighted by Crippen LogP contribution is -2.28. The van der Waals surface area contributed by atoms with Gasteiger partial charge in [-0.1, -0.05) is 6.92 Å². The van der Waals surface area contributed by atoms with Crippen LogP contribution in [0.2, 0.25) is 0 Å². The lowest BCUT2D eigenvalue weighted by Gasteiger charge is -2.23. The summed E-state index contributed by atoms with van der Waals surface area (Å²) in [5.41, 5.74) is 7.55. The lowest BCUT2D eigenvalue weighted by atomic mass is 10.3. The zero-order valence-electron chi connectivity index (χ0n) is 10.5. The molecule has 1 rings (SSSR count). The molecule has 0 radical (unpaired) electrons. The fourth-order valence-corrected chi connectivity index (χ4v) is 1.57. The number of hydrogen-bond donors (Lipinski definition) is 1. The topological polar surface area (TPSA) is 55.0 Å². The molecule has 1 heterocycles. The molecule has 0 atom stereocenters. The number of hydrogen-bond acceptors (Lipinski definition) is 4. The van der Waals surface area contributed by atoms with E-state index in [9.17, 15) is 0 Å². The van der Waals surface area contributed by atoms with E-state index in [-0.39, 0.29) is 0 Å². The second-order valence-electron chi connectivity index (χ2n) is 4.03. The first-order valence-corrected chi connectivity index (χ1v) is 5.94. The predicted octanol–water partition coefficient (Wildman–Crippen LogP) is 1.66. The third-order valence-corrected chi connectivity index (χ3v) is 2.63. The second-order valence-corrected chi connectivity index (χ2v) is 4.03. The summed E-state index contributed by atoms with van der Waals surface area (Å²) in [6.45, 7) is 8.84. The molecule has 4 heteroatoms. The molecule has 0 unspecified atom stereocenters. The van der Waals surface area contributed by atoms with Crippen molar-refractivity contribution >= 4 is 5.82 Å². The standard InChI is InChI=1S/C12H22N4/c1-4-7-16(8-5-6-13)12-9-14-10(2)11(3)15-12/h9H,4-8,13H2,1-3H3. The highest BCUT2D eigenvalue weighted by Crippen LogP contribution is 2.12. The Balaban J connectivity index is 2.78. The van der Waals surface area contributed by atoms with Crippen molar-refractivity contribution in [1.29, 1.82) is 0 Å². The molecule has 2 N–H and O–H groups in total. The van der Waals surface area contributed by atoms with Crippen LogP contribution in [0.4, 0.5) is 5.82 Å². The van der Waals surface area contributed by atoms with Crippen molar-refractivity contribution in [2.45, 2.75) is 33.6 Å². The van der Waals surface area contributed by atoms with E-state index in [2.05, 4.69) is 21.8 Å². The van der Waals surface area contributed by atoms with Gasteiger partial charge in [0, 0.05) is 13.1 Å². The molecule has 90 valence electrons. The van der Waals surface area contributed by atoms with E-state index in [4.69, 9.17) is 5.73 Å². The highest BCUT2D eigenvalue weighted by molar-refractivity contribution is 5.37. The van der Waals surface area contributed by atoms with Gasteiger partial charge in [0.05, 0.1) is 17.6 Å². The maximum absolute atomic E-state index is 5.54. The fourth-order valence-electron chi connectivity index (χ4n) is 1.57. The number of aromatic nitrogens is 2. The van der Waals surface area contributed by atoms with E-state index in [1.165, 1.54) is 0 Å². The van der Waals surface area contributed by atoms with Gasteiger partial charge in [-0.05, 0) is 33.2 Å². The molecule has 0 aliphatic heterocycles. The summed E-state index contributed by atoms with van der Waals surface area (Å²) in [6, 6.07) is 0. The van der Waals surface area contributed by atoms with Crippen LogP contribution in [0.25, 0.3) is 0 Å². The molecule has 0 bridgehead atoms. The second kappa shape index (κ2) is 6.43. The van der Waals surface area contributed by atoms with Crippen LogP contribution in [0.15, 0.2) is 6.20 Å². The average molecular weight is 222 g/mol. The van der Waals surface area contributed by atoms with Gasteiger partial charge in [-0.25, -0.2) is 4.98 Å². The van der Waals surface area contributed by atoms with Crippen LogP contribution in [0.5, 0.6) is 0 Å². The van der Waals surface area contributed by atoms with Gasteiger partial charge in [0.1, 0.15) is 5.82 Å². The summed E-state index contributed by atoms with van der Waals surface area (Å²) < 4.78 is 0. The van der Waals surface area contributed by atoms with Crippen molar-refractivity contribution in [1.82, 2.24) is 9.97 Å². The lowest BCUT2D eigenvalue weighted by molar-refractivity contribution is 0.707. The fraction of sp³-hybridized carbons (Fsp3) is 0.667. The van der Waals surface area contributed by atoms with Crippen LogP contribution in [-0.4, -0.2) is 29.6 Å². The molecule has 0 fully saturated rings. The number of rotatable bonds is 6. The first kappa shape index (κ1) is 12.9. The minimum atomic E-state index is 0.721. The van der Waals surface area contributed by atoms with E-state index in [1.54, 1.807) is 0 Å². The number of nitrogens with zero attached hydrogens (tertiary/aromatic N) is 3. The van der Waals surface area contributed by atoms with Crippen molar-refractivity contribution in [2.75, 3.05) is 24.5 Å². The molecule has 0 spiro atoms. The molecule has 4 nitrogen and oxygen atoms in total. The van der Waals surface area contributed by atoms with Crippen LogP contribution in [-0.2, 0) is 0 Å². The number of aryl methyl sites for hydroxylation is 2. The Morgan fingerprint density at radius 2 is 2.00 bits per heavy atom. The van der Waals surface area contributed by atoms with E-state index in [0.29, 0.717) is 0 Å². The van der Waals surface area contributed by atoms with Gasteiger partial charge in [-0.15, -0.1) is 0 Å². The van der Waals surface area contributed by atoms with Gasteiger partial charge < -0.3 is 10.6 Å². The van der Waals surface area contributed by atoms with Crippen molar-refractivity contribution in [3.63, 3.8) is 0 Å². The van der Waals surface area contributed by atoms with Crippen LogP contribution in [0.1, 0.15) is 31.2 Å².